The zero-order chi connectivity index (χ0) is 16.5. The maximum atomic E-state index is 12.9. The zero-order valence-corrected chi connectivity index (χ0v) is 13.2. The first-order valence-electron chi connectivity index (χ1n) is 8.13. The number of para-hydroxylation sites is 1. The van der Waals surface area contributed by atoms with Crippen LogP contribution in [0.3, 0.4) is 0 Å². The van der Waals surface area contributed by atoms with Crippen molar-refractivity contribution in [2.75, 3.05) is 6.54 Å². The lowest BCUT2D eigenvalue weighted by Crippen LogP contribution is -2.40. The number of likely N-dealkylation sites (tertiary alicyclic amines) is 1. The molecule has 3 heterocycles. The molecule has 0 bridgehead atoms. The van der Waals surface area contributed by atoms with E-state index in [1.165, 1.54) is 0 Å². The van der Waals surface area contributed by atoms with Crippen molar-refractivity contribution in [2.45, 2.75) is 25.4 Å². The Kier molecular flexibility index (Phi) is 3.65. The molecule has 24 heavy (non-hydrogen) atoms. The van der Waals surface area contributed by atoms with E-state index in [1.54, 1.807) is 17.2 Å². The van der Waals surface area contributed by atoms with Gasteiger partial charge in [-0.05, 0) is 36.4 Å². The van der Waals surface area contributed by atoms with Gasteiger partial charge >= 0.3 is 0 Å². The summed E-state index contributed by atoms with van der Waals surface area (Å²) in [7, 11) is 0. The number of aromatic nitrogens is 3. The Morgan fingerprint density at radius 3 is 3.00 bits per heavy atom. The molecular weight excluding hydrogens is 304 g/mol. The maximum absolute atomic E-state index is 12.9. The molecule has 1 fully saturated rings. The highest BCUT2D eigenvalue weighted by molar-refractivity contribution is 5.97. The monoisotopic (exact) mass is 322 g/mol. The fourth-order valence-corrected chi connectivity index (χ4v) is 3.38. The Balaban J connectivity index is 1.65. The lowest BCUT2D eigenvalue weighted by atomic mass is 10.1. The highest BCUT2D eigenvalue weighted by atomic mass is 16.2. The van der Waals surface area contributed by atoms with Gasteiger partial charge in [0.05, 0.1) is 12.6 Å². The van der Waals surface area contributed by atoms with Crippen LogP contribution in [0.4, 0.5) is 0 Å². The lowest BCUT2D eigenvalue weighted by Gasteiger charge is -2.24. The van der Waals surface area contributed by atoms with Crippen molar-refractivity contribution >= 4 is 16.8 Å². The van der Waals surface area contributed by atoms with Crippen LogP contribution in [0, 0.1) is 0 Å². The first kappa shape index (κ1) is 14.7. The summed E-state index contributed by atoms with van der Waals surface area (Å²) in [4.78, 5) is 29.9. The molecule has 4 rings (SSSR count). The number of benzene rings is 1. The Morgan fingerprint density at radius 2 is 2.17 bits per heavy atom. The number of hydrogen-bond donors (Lipinski definition) is 1. The molecular formula is C18H18N4O2. The van der Waals surface area contributed by atoms with Crippen molar-refractivity contribution in [3.8, 4) is 0 Å². The number of carbonyl (C=O) groups is 1. The van der Waals surface area contributed by atoms with Crippen LogP contribution in [0.2, 0.25) is 0 Å². The van der Waals surface area contributed by atoms with Crippen LogP contribution >= 0.6 is 0 Å². The van der Waals surface area contributed by atoms with Crippen LogP contribution in [-0.2, 0) is 6.54 Å². The van der Waals surface area contributed by atoms with Crippen LogP contribution in [0.1, 0.15) is 23.2 Å². The van der Waals surface area contributed by atoms with Gasteiger partial charge < -0.3 is 9.88 Å². The molecule has 1 aromatic carbocycles. The topological polar surface area (TPSA) is 71.0 Å². The third-order valence-corrected chi connectivity index (χ3v) is 4.58. The Labute approximate surface area is 138 Å². The van der Waals surface area contributed by atoms with Gasteiger partial charge in [-0.3, -0.25) is 14.3 Å². The molecule has 1 aliphatic rings. The number of nitrogens with zero attached hydrogens (tertiary/aromatic N) is 3. The van der Waals surface area contributed by atoms with Gasteiger partial charge in [-0.2, -0.15) is 5.10 Å². The molecule has 1 aliphatic heterocycles. The molecule has 0 spiro atoms. The summed E-state index contributed by atoms with van der Waals surface area (Å²) in [5.41, 5.74) is 0.623. The van der Waals surface area contributed by atoms with Gasteiger partial charge in [0.15, 0.2) is 0 Å². The summed E-state index contributed by atoms with van der Waals surface area (Å²) in [5, 5.41) is 5.08. The molecule has 1 atom stereocenters. The molecule has 3 aromatic rings. The smallest absolute Gasteiger partial charge is 0.261 e. The highest BCUT2D eigenvalue weighted by Crippen LogP contribution is 2.21. The number of rotatable bonds is 3. The third kappa shape index (κ3) is 2.60. The van der Waals surface area contributed by atoms with Crippen molar-refractivity contribution in [2.24, 2.45) is 0 Å². The molecule has 6 heteroatoms. The van der Waals surface area contributed by atoms with E-state index < -0.39 is 0 Å². The number of pyridine rings is 1. The minimum atomic E-state index is -0.330. The molecule has 1 N–H and O–H groups in total. The number of aromatic amines is 1. The molecule has 0 radical (unpaired) electrons. The van der Waals surface area contributed by atoms with Crippen molar-refractivity contribution < 1.29 is 4.79 Å². The second kappa shape index (κ2) is 5.96. The Hall–Kier alpha value is -2.89. The van der Waals surface area contributed by atoms with E-state index in [-0.39, 0.29) is 23.1 Å². The van der Waals surface area contributed by atoms with Crippen molar-refractivity contribution in [1.82, 2.24) is 19.7 Å². The van der Waals surface area contributed by atoms with Gasteiger partial charge in [0.25, 0.3) is 11.5 Å². The summed E-state index contributed by atoms with van der Waals surface area (Å²) in [6.07, 6.45) is 5.50. The fourth-order valence-electron chi connectivity index (χ4n) is 3.38. The number of amides is 1. The van der Waals surface area contributed by atoms with Crippen LogP contribution in [0.15, 0.2) is 53.6 Å². The molecule has 0 aliphatic carbocycles. The Bertz CT molecular complexity index is 930. The summed E-state index contributed by atoms with van der Waals surface area (Å²) in [6, 6.07) is 11.1. The van der Waals surface area contributed by atoms with Gasteiger partial charge in [-0.25, -0.2) is 0 Å². The van der Waals surface area contributed by atoms with E-state index in [2.05, 4.69) is 10.1 Å². The number of fused-ring (bicyclic) bond motifs is 1. The van der Waals surface area contributed by atoms with Crippen LogP contribution in [0.5, 0.6) is 0 Å². The van der Waals surface area contributed by atoms with E-state index in [1.807, 2.05) is 41.2 Å². The molecule has 1 saturated heterocycles. The fraction of sp³-hybridized carbons (Fsp3) is 0.278. The van der Waals surface area contributed by atoms with Gasteiger partial charge in [0, 0.05) is 24.5 Å². The molecule has 122 valence electrons. The van der Waals surface area contributed by atoms with Gasteiger partial charge in [0.1, 0.15) is 5.56 Å². The third-order valence-electron chi connectivity index (χ3n) is 4.58. The zero-order valence-electron chi connectivity index (χ0n) is 13.2. The lowest BCUT2D eigenvalue weighted by molar-refractivity contribution is 0.0720. The SMILES string of the molecule is O=C(c1cc2ccccc2[nH]c1=O)N1CCCC1Cn1cccn1. The molecule has 6 nitrogen and oxygen atoms in total. The number of H-pyrrole nitrogens is 1. The number of hydrogen-bond acceptors (Lipinski definition) is 3. The molecule has 0 saturated carbocycles. The Morgan fingerprint density at radius 1 is 1.29 bits per heavy atom. The summed E-state index contributed by atoms with van der Waals surface area (Å²) >= 11 is 0. The predicted molar refractivity (Wildman–Crippen MR) is 90.9 cm³/mol. The van der Waals surface area contributed by atoms with Gasteiger partial charge in [0.2, 0.25) is 0 Å². The molecule has 1 unspecified atom stereocenters. The van der Waals surface area contributed by atoms with Gasteiger partial charge in [-0.1, -0.05) is 18.2 Å². The van der Waals surface area contributed by atoms with Crippen LogP contribution in [0.25, 0.3) is 10.9 Å². The normalized spacial score (nSPS) is 17.5. The molecule has 2 aromatic heterocycles. The van der Waals surface area contributed by atoms with Gasteiger partial charge in [-0.15, -0.1) is 0 Å². The average molecular weight is 322 g/mol. The summed E-state index contributed by atoms with van der Waals surface area (Å²) in [6.45, 7) is 1.33. The minimum Gasteiger partial charge on any atom is -0.334 e. The second-order valence-corrected chi connectivity index (χ2v) is 6.12. The highest BCUT2D eigenvalue weighted by Gasteiger charge is 2.31. The number of nitrogens with one attached hydrogen (secondary N) is 1. The van der Waals surface area contributed by atoms with E-state index in [9.17, 15) is 9.59 Å². The first-order chi connectivity index (χ1) is 11.7. The standard InChI is InChI=1S/C18H18N4O2/c23-17-15(11-13-5-1-2-7-16(13)20-17)18(24)22-10-3-6-14(22)12-21-9-4-8-19-21/h1-2,4-5,7-9,11,14H,3,6,10,12H2,(H,20,23). The second-order valence-electron chi connectivity index (χ2n) is 6.12. The minimum absolute atomic E-state index is 0.0725. The number of carbonyl (C=O) groups excluding carboxylic acids is 1. The van der Waals surface area contributed by atoms with E-state index >= 15 is 0 Å². The summed E-state index contributed by atoms with van der Waals surface area (Å²) in [5.74, 6) is -0.198. The van der Waals surface area contributed by atoms with Crippen molar-refractivity contribution in [3.05, 3.63) is 64.7 Å². The van der Waals surface area contributed by atoms with E-state index in [0.29, 0.717) is 13.1 Å². The van der Waals surface area contributed by atoms with Crippen molar-refractivity contribution in [3.63, 3.8) is 0 Å². The van der Waals surface area contributed by atoms with E-state index in [4.69, 9.17) is 0 Å². The van der Waals surface area contributed by atoms with E-state index in [0.717, 1.165) is 23.7 Å². The largest absolute Gasteiger partial charge is 0.334 e. The average Bonchev–Trinajstić information content (AvgIpc) is 3.26. The summed E-state index contributed by atoms with van der Waals surface area (Å²) < 4.78 is 1.83. The molecule has 1 amide bonds. The predicted octanol–water partition coefficient (Wildman–Crippen LogP) is 2.03. The first-order valence-corrected chi connectivity index (χ1v) is 8.13. The quantitative estimate of drug-likeness (QED) is 0.802. The maximum Gasteiger partial charge on any atom is 0.261 e. The van der Waals surface area contributed by atoms with Crippen LogP contribution in [-0.4, -0.2) is 38.2 Å². The van der Waals surface area contributed by atoms with Crippen LogP contribution < -0.4 is 5.56 Å². The van der Waals surface area contributed by atoms with Crippen molar-refractivity contribution in [1.29, 1.82) is 0 Å².